The fourth-order valence-corrected chi connectivity index (χ4v) is 5.30. The monoisotopic (exact) mass is 436 g/mol. The van der Waals surface area contributed by atoms with Crippen LogP contribution in [-0.2, 0) is 5.41 Å². The van der Waals surface area contributed by atoms with E-state index in [2.05, 4.69) is 41.1 Å². The van der Waals surface area contributed by atoms with Crippen LogP contribution in [0.3, 0.4) is 0 Å². The topological polar surface area (TPSA) is 9.23 Å². The number of fused-ring (bicyclic) bond motifs is 2. The molecule has 0 bridgehead atoms. The van der Waals surface area contributed by atoms with Gasteiger partial charge in [-0.1, -0.05) is 65.0 Å². The van der Waals surface area contributed by atoms with E-state index in [1.165, 1.54) is 36.8 Å². The average Bonchev–Trinajstić information content (AvgIpc) is 3.04. The van der Waals surface area contributed by atoms with Gasteiger partial charge in [-0.25, -0.2) is 0 Å². The predicted molar refractivity (Wildman–Crippen MR) is 109 cm³/mol. The lowest BCUT2D eigenvalue weighted by Crippen LogP contribution is -2.31. The SMILES string of the molecule is CCC1=C(c2ccc(Cl)cc2Cl)Oc2cc(Br)ccc2C12CCCC2. The van der Waals surface area contributed by atoms with Gasteiger partial charge in [0.1, 0.15) is 11.5 Å². The van der Waals surface area contributed by atoms with Crippen molar-refractivity contribution in [1.82, 2.24) is 0 Å². The lowest BCUT2D eigenvalue weighted by Gasteiger charge is -2.39. The van der Waals surface area contributed by atoms with Gasteiger partial charge in [0, 0.05) is 26.0 Å². The molecule has 1 heterocycles. The number of halogens is 3. The second-order valence-corrected chi connectivity index (χ2v) is 8.58. The minimum absolute atomic E-state index is 0.0708. The van der Waals surface area contributed by atoms with Crippen molar-refractivity contribution in [2.45, 2.75) is 44.4 Å². The third-order valence-corrected chi connectivity index (χ3v) is 6.55. The van der Waals surface area contributed by atoms with Crippen molar-refractivity contribution < 1.29 is 4.74 Å². The first kappa shape index (κ1) is 17.5. The van der Waals surface area contributed by atoms with Gasteiger partial charge in [0.2, 0.25) is 0 Å². The van der Waals surface area contributed by atoms with Crippen LogP contribution in [-0.4, -0.2) is 0 Å². The molecule has 0 radical (unpaired) electrons. The summed E-state index contributed by atoms with van der Waals surface area (Å²) in [5.74, 6) is 1.85. The van der Waals surface area contributed by atoms with Gasteiger partial charge >= 0.3 is 0 Å². The largest absolute Gasteiger partial charge is 0.456 e. The maximum absolute atomic E-state index is 6.53. The quantitative estimate of drug-likeness (QED) is 0.465. The normalized spacial score (nSPS) is 18.4. The minimum Gasteiger partial charge on any atom is -0.456 e. The van der Waals surface area contributed by atoms with Crippen LogP contribution in [0.15, 0.2) is 46.4 Å². The maximum Gasteiger partial charge on any atom is 0.136 e. The molecule has 4 rings (SSSR count). The summed E-state index contributed by atoms with van der Waals surface area (Å²) in [7, 11) is 0. The number of benzene rings is 2. The van der Waals surface area contributed by atoms with Crippen LogP contribution in [0.4, 0.5) is 0 Å². The average molecular weight is 438 g/mol. The zero-order valence-corrected chi connectivity index (χ0v) is 17.1. The van der Waals surface area contributed by atoms with Crippen LogP contribution in [0.25, 0.3) is 5.76 Å². The van der Waals surface area contributed by atoms with E-state index >= 15 is 0 Å². The fourth-order valence-electron chi connectivity index (χ4n) is 4.47. The van der Waals surface area contributed by atoms with Crippen LogP contribution < -0.4 is 4.74 Å². The Morgan fingerprint density at radius 2 is 1.84 bits per heavy atom. The third kappa shape index (κ3) is 2.83. The summed E-state index contributed by atoms with van der Waals surface area (Å²) in [6.07, 6.45) is 5.79. The third-order valence-electron chi connectivity index (χ3n) is 5.51. The fraction of sp³-hybridized carbons (Fsp3) is 0.333. The van der Waals surface area contributed by atoms with Gasteiger partial charge in [0.25, 0.3) is 0 Å². The first-order chi connectivity index (χ1) is 12.0. The molecule has 0 atom stereocenters. The number of allylic oxidation sites excluding steroid dienone is 1. The zero-order valence-electron chi connectivity index (χ0n) is 14.0. The van der Waals surface area contributed by atoms with Gasteiger partial charge < -0.3 is 4.74 Å². The summed E-state index contributed by atoms with van der Waals surface area (Å²) in [6, 6.07) is 12.1. The molecule has 0 unspecified atom stereocenters. The number of hydrogen-bond acceptors (Lipinski definition) is 1. The molecule has 130 valence electrons. The Hall–Kier alpha value is -0.960. The van der Waals surface area contributed by atoms with E-state index in [9.17, 15) is 0 Å². The van der Waals surface area contributed by atoms with Gasteiger partial charge in [-0.05, 0) is 55.2 Å². The van der Waals surface area contributed by atoms with Crippen molar-refractivity contribution in [3.63, 3.8) is 0 Å². The first-order valence-corrected chi connectivity index (χ1v) is 10.3. The molecule has 25 heavy (non-hydrogen) atoms. The molecule has 4 heteroatoms. The highest BCUT2D eigenvalue weighted by Crippen LogP contribution is 2.56. The van der Waals surface area contributed by atoms with Crippen LogP contribution in [0.5, 0.6) is 5.75 Å². The smallest absolute Gasteiger partial charge is 0.136 e. The molecule has 1 saturated carbocycles. The van der Waals surface area contributed by atoms with Gasteiger partial charge in [-0.3, -0.25) is 0 Å². The maximum atomic E-state index is 6.53. The van der Waals surface area contributed by atoms with E-state index in [-0.39, 0.29) is 5.41 Å². The van der Waals surface area contributed by atoms with Crippen LogP contribution in [0, 0.1) is 0 Å². The van der Waals surface area contributed by atoms with E-state index in [1.54, 1.807) is 6.07 Å². The van der Waals surface area contributed by atoms with Crippen LogP contribution >= 0.6 is 39.1 Å². The van der Waals surface area contributed by atoms with Gasteiger partial charge in [0.05, 0.1) is 5.02 Å². The van der Waals surface area contributed by atoms with Crippen molar-refractivity contribution >= 4 is 44.9 Å². The molecule has 1 spiro atoms. The lowest BCUT2D eigenvalue weighted by atomic mass is 9.69. The number of hydrogen-bond donors (Lipinski definition) is 0. The summed E-state index contributed by atoms with van der Waals surface area (Å²) in [6.45, 7) is 2.21. The lowest BCUT2D eigenvalue weighted by molar-refractivity contribution is 0.406. The highest BCUT2D eigenvalue weighted by atomic mass is 79.9. The van der Waals surface area contributed by atoms with Crippen LogP contribution in [0.2, 0.25) is 10.0 Å². The number of rotatable bonds is 2. The van der Waals surface area contributed by atoms with Crippen molar-refractivity contribution in [2.75, 3.05) is 0 Å². The van der Waals surface area contributed by atoms with E-state index in [0.717, 1.165) is 28.0 Å². The molecular weight excluding hydrogens is 419 g/mol. The predicted octanol–water partition coefficient (Wildman–Crippen LogP) is 7.78. The van der Waals surface area contributed by atoms with Crippen molar-refractivity contribution in [2.24, 2.45) is 0 Å². The van der Waals surface area contributed by atoms with Gasteiger partial charge in [0.15, 0.2) is 0 Å². The summed E-state index contributed by atoms with van der Waals surface area (Å²) in [5.41, 5.74) is 3.68. The Bertz CT molecular complexity index is 866. The summed E-state index contributed by atoms with van der Waals surface area (Å²) < 4.78 is 7.46. The molecule has 0 N–H and O–H groups in total. The van der Waals surface area contributed by atoms with Crippen molar-refractivity contribution in [1.29, 1.82) is 0 Å². The molecule has 0 saturated heterocycles. The Morgan fingerprint density at radius 3 is 2.52 bits per heavy atom. The highest BCUT2D eigenvalue weighted by Gasteiger charge is 2.45. The van der Waals surface area contributed by atoms with Crippen molar-refractivity contribution in [3.05, 3.63) is 67.6 Å². The Morgan fingerprint density at radius 1 is 1.08 bits per heavy atom. The van der Waals surface area contributed by atoms with Gasteiger partial charge in [-0.15, -0.1) is 0 Å². The molecule has 1 nitrogen and oxygen atoms in total. The summed E-state index contributed by atoms with van der Waals surface area (Å²) >= 11 is 16.2. The van der Waals surface area contributed by atoms with Crippen LogP contribution in [0.1, 0.15) is 50.2 Å². The highest BCUT2D eigenvalue weighted by molar-refractivity contribution is 9.10. The molecule has 0 aromatic heterocycles. The molecule has 2 aromatic carbocycles. The van der Waals surface area contributed by atoms with E-state index < -0.39 is 0 Å². The molecule has 1 fully saturated rings. The van der Waals surface area contributed by atoms with E-state index in [1.807, 2.05) is 12.1 Å². The van der Waals surface area contributed by atoms with Crippen molar-refractivity contribution in [3.8, 4) is 5.75 Å². The Balaban J connectivity index is 1.97. The zero-order chi connectivity index (χ0) is 17.6. The molecule has 2 aliphatic rings. The second-order valence-electron chi connectivity index (χ2n) is 6.82. The molecule has 0 amide bonds. The molecule has 2 aromatic rings. The molecular formula is C21H19BrCl2O. The number of ether oxygens (including phenoxy) is 1. The Kier molecular flexibility index (Phi) is 4.64. The molecule has 1 aliphatic heterocycles. The Labute approximate surface area is 167 Å². The van der Waals surface area contributed by atoms with E-state index in [0.29, 0.717) is 10.0 Å². The standard InChI is InChI=1S/C21H19BrCl2O/c1-2-16-20(15-7-6-14(23)12-18(15)24)25-19-11-13(22)5-8-17(19)21(16)9-3-4-10-21/h5-8,11-12H,2-4,9-10H2,1H3. The molecule has 1 aliphatic carbocycles. The minimum atomic E-state index is 0.0708. The summed E-state index contributed by atoms with van der Waals surface area (Å²) in [4.78, 5) is 0. The van der Waals surface area contributed by atoms with Gasteiger partial charge in [-0.2, -0.15) is 0 Å². The summed E-state index contributed by atoms with van der Waals surface area (Å²) in [5, 5.41) is 1.28. The van der Waals surface area contributed by atoms with E-state index in [4.69, 9.17) is 27.9 Å². The first-order valence-electron chi connectivity index (χ1n) is 8.72. The second kappa shape index (κ2) is 6.64.